The number of pyridine rings is 1. The van der Waals surface area contributed by atoms with Crippen LogP contribution in [0.4, 0.5) is 0 Å². The molecule has 4 rings (SSSR count). The molecule has 0 bridgehead atoms. The van der Waals surface area contributed by atoms with Gasteiger partial charge < -0.3 is 9.52 Å². The highest BCUT2D eigenvalue weighted by atomic mass is 16.4. The number of carbonyl (C=O) groups excluding carboxylic acids is 1. The number of aromatic hydroxyl groups is 1. The summed E-state index contributed by atoms with van der Waals surface area (Å²) in [5.41, 5.74) is 1.55. The van der Waals surface area contributed by atoms with E-state index in [9.17, 15) is 14.7 Å². The number of oxazole rings is 1. The summed E-state index contributed by atoms with van der Waals surface area (Å²) >= 11 is 0. The van der Waals surface area contributed by atoms with Gasteiger partial charge in [0.15, 0.2) is 0 Å². The number of nitrogens with zero attached hydrogens (tertiary/aromatic N) is 2. The van der Waals surface area contributed by atoms with Crippen LogP contribution in [-0.4, -0.2) is 20.6 Å². The molecule has 22 heavy (non-hydrogen) atoms. The molecule has 1 aromatic carbocycles. The third-order valence-corrected chi connectivity index (χ3v) is 4.01. The molecule has 0 radical (unpaired) electrons. The van der Waals surface area contributed by atoms with E-state index in [2.05, 4.69) is 4.98 Å². The first kappa shape index (κ1) is 12.8. The summed E-state index contributed by atoms with van der Waals surface area (Å²) in [6.45, 7) is 0. The number of phenols is 1. The molecule has 2 aromatic heterocycles. The lowest BCUT2D eigenvalue weighted by atomic mass is 10.1. The quantitative estimate of drug-likeness (QED) is 0.783. The molecular weight excluding hydrogens is 284 g/mol. The van der Waals surface area contributed by atoms with E-state index in [1.165, 1.54) is 6.20 Å². The second-order valence-electron chi connectivity index (χ2n) is 5.41. The van der Waals surface area contributed by atoms with Gasteiger partial charge in [-0.15, -0.1) is 0 Å². The van der Waals surface area contributed by atoms with Gasteiger partial charge in [0.1, 0.15) is 11.3 Å². The molecule has 0 spiro atoms. The summed E-state index contributed by atoms with van der Waals surface area (Å²) in [6, 6.07) is 10.1. The molecule has 1 N–H and O–H groups in total. The van der Waals surface area contributed by atoms with Gasteiger partial charge in [-0.2, -0.15) is 0 Å². The molecule has 6 nitrogen and oxygen atoms in total. The molecular formula is C16H12N2O4. The first-order valence-corrected chi connectivity index (χ1v) is 6.95. The number of rotatable bonds is 2. The average molecular weight is 296 g/mol. The number of benzene rings is 1. The highest BCUT2D eigenvalue weighted by molar-refractivity contribution is 5.91. The number of carbonyl (C=O) groups is 1. The Morgan fingerprint density at radius 3 is 2.82 bits per heavy atom. The van der Waals surface area contributed by atoms with Gasteiger partial charge in [-0.05, 0) is 42.2 Å². The van der Waals surface area contributed by atoms with Crippen molar-refractivity contribution in [2.24, 2.45) is 5.92 Å². The molecule has 6 heteroatoms. The Morgan fingerprint density at radius 1 is 1.27 bits per heavy atom. The molecule has 0 saturated heterocycles. The minimum atomic E-state index is -0.699. The van der Waals surface area contributed by atoms with Crippen molar-refractivity contribution in [2.75, 3.05) is 0 Å². The lowest BCUT2D eigenvalue weighted by molar-refractivity contribution is 0.0880. The van der Waals surface area contributed by atoms with Crippen LogP contribution >= 0.6 is 0 Å². The van der Waals surface area contributed by atoms with E-state index in [4.69, 9.17) is 4.42 Å². The topological polar surface area (TPSA) is 85.3 Å². The fourth-order valence-corrected chi connectivity index (χ4v) is 2.79. The van der Waals surface area contributed by atoms with Gasteiger partial charge in [0, 0.05) is 12.1 Å². The number of phenolic OH excluding ortho intramolecular Hbond substituents is 1. The molecule has 3 aromatic rings. The van der Waals surface area contributed by atoms with Crippen LogP contribution in [0.3, 0.4) is 0 Å². The Labute approximate surface area is 124 Å². The molecule has 1 fully saturated rings. The van der Waals surface area contributed by atoms with Crippen molar-refractivity contribution in [1.82, 2.24) is 9.55 Å². The zero-order valence-corrected chi connectivity index (χ0v) is 11.5. The monoisotopic (exact) mass is 296 g/mol. The van der Waals surface area contributed by atoms with Crippen LogP contribution in [0, 0.1) is 5.92 Å². The van der Waals surface area contributed by atoms with Gasteiger partial charge in [-0.25, -0.2) is 14.3 Å². The predicted octanol–water partition coefficient (Wildman–Crippen LogP) is 2.14. The zero-order valence-electron chi connectivity index (χ0n) is 11.5. The Bertz CT molecular complexity index is 923. The van der Waals surface area contributed by atoms with Crippen LogP contribution in [0.1, 0.15) is 22.7 Å². The van der Waals surface area contributed by atoms with Gasteiger partial charge in [-0.3, -0.25) is 4.79 Å². The van der Waals surface area contributed by atoms with Crippen molar-refractivity contribution in [3.05, 3.63) is 58.7 Å². The number of aromatic nitrogens is 2. The van der Waals surface area contributed by atoms with Gasteiger partial charge in [0.2, 0.25) is 11.6 Å². The van der Waals surface area contributed by atoms with Crippen LogP contribution < -0.4 is 5.76 Å². The van der Waals surface area contributed by atoms with Crippen LogP contribution in [0.15, 0.2) is 51.8 Å². The van der Waals surface area contributed by atoms with E-state index in [1.807, 2.05) is 0 Å². The van der Waals surface area contributed by atoms with Crippen LogP contribution in [0.25, 0.3) is 11.2 Å². The van der Waals surface area contributed by atoms with Crippen molar-refractivity contribution in [3.8, 4) is 5.75 Å². The van der Waals surface area contributed by atoms with Crippen LogP contribution in [-0.2, 0) is 0 Å². The Morgan fingerprint density at radius 2 is 2.05 bits per heavy atom. The van der Waals surface area contributed by atoms with Crippen molar-refractivity contribution in [2.45, 2.75) is 12.3 Å². The zero-order chi connectivity index (χ0) is 15.3. The highest BCUT2D eigenvalue weighted by Gasteiger charge is 2.45. The minimum absolute atomic E-state index is 0.0709. The van der Waals surface area contributed by atoms with Crippen molar-refractivity contribution < 1.29 is 14.3 Å². The summed E-state index contributed by atoms with van der Waals surface area (Å²) in [7, 11) is 0. The smallest absolute Gasteiger partial charge is 0.428 e. The summed E-state index contributed by atoms with van der Waals surface area (Å²) in [5.74, 6) is -0.954. The maximum atomic E-state index is 12.6. The molecule has 110 valence electrons. The second kappa shape index (κ2) is 4.56. The van der Waals surface area contributed by atoms with E-state index < -0.39 is 5.76 Å². The third-order valence-electron chi connectivity index (χ3n) is 4.01. The van der Waals surface area contributed by atoms with E-state index in [-0.39, 0.29) is 29.2 Å². The Hall–Kier alpha value is -2.89. The Kier molecular flexibility index (Phi) is 2.66. The van der Waals surface area contributed by atoms with Crippen LogP contribution in [0.5, 0.6) is 5.75 Å². The van der Waals surface area contributed by atoms with E-state index in [0.29, 0.717) is 11.9 Å². The second-order valence-corrected chi connectivity index (χ2v) is 5.41. The largest absolute Gasteiger partial charge is 0.508 e. The molecule has 2 heterocycles. The summed E-state index contributed by atoms with van der Waals surface area (Å²) in [6.07, 6.45) is 2.19. The number of hydrogen-bond donors (Lipinski definition) is 1. The average Bonchev–Trinajstić information content (AvgIpc) is 3.23. The van der Waals surface area contributed by atoms with E-state index >= 15 is 0 Å². The van der Waals surface area contributed by atoms with E-state index in [0.717, 1.165) is 10.1 Å². The first-order chi connectivity index (χ1) is 10.6. The lowest BCUT2D eigenvalue weighted by Crippen LogP contribution is -2.24. The lowest BCUT2D eigenvalue weighted by Gasteiger charge is -2.01. The van der Waals surface area contributed by atoms with Gasteiger partial charge in [0.05, 0.1) is 0 Å². The maximum absolute atomic E-state index is 12.6. The van der Waals surface area contributed by atoms with E-state index in [1.54, 1.807) is 36.4 Å². The number of hydrogen-bond acceptors (Lipinski definition) is 5. The standard InChI is InChI=1S/C16H12N2O4/c19-10-5-3-9(4-6-10)11-8-12(11)15(20)18-13-2-1-7-17-14(13)22-16(18)21/h1-7,11-12,19H,8H2. The fraction of sp³-hybridized carbons (Fsp3) is 0.188. The SMILES string of the molecule is O=C(C1CC1c1ccc(O)cc1)n1c(=O)oc2ncccc21. The van der Waals surface area contributed by atoms with Crippen molar-refractivity contribution >= 4 is 17.1 Å². The van der Waals surface area contributed by atoms with Crippen LogP contribution in [0.2, 0.25) is 0 Å². The molecule has 1 aliphatic carbocycles. The van der Waals surface area contributed by atoms with Crippen molar-refractivity contribution in [3.63, 3.8) is 0 Å². The number of fused-ring (bicyclic) bond motifs is 1. The maximum Gasteiger partial charge on any atom is 0.428 e. The normalized spacial score (nSPS) is 20.2. The fourth-order valence-electron chi connectivity index (χ4n) is 2.79. The summed E-state index contributed by atoms with van der Waals surface area (Å²) in [4.78, 5) is 28.4. The minimum Gasteiger partial charge on any atom is -0.508 e. The molecule has 1 saturated carbocycles. The summed E-state index contributed by atoms with van der Waals surface area (Å²) in [5, 5.41) is 9.31. The summed E-state index contributed by atoms with van der Waals surface area (Å²) < 4.78 is 6.06. The molecule has 2 unspecified atom stereocenters. The molecule has 2 atom stereocenters. The third kappa shape index (κ3) is 1.92. The van der Waals surface area contributed by atoms with Gasteiger partial charge >= 0.3 is 5.76 Å². The van der Waals surface area contributed by atoms with Gasteiger partial charge in [0.25, 0.3) is 0 Å². The molecule has 0 aliphatic heterocycles. The molecule has 0 amide bonds. The predicted molar refractivity (Wildman–Crippen MR) is 77.9 cm³/mol. The Balaban J connectivity index is 1.67. The van der Waals surface area contributed by atoms with Crippen molar-refractivity contribution in [1.29, 1.82) is 0 Å². The van der Waals surface area contributed by atoms with Gasteiger partial charge in [-0.1, -0.05) is 12.1 Å². The first-order valence-electron chi connectivity index (χ1n) is 6.95. The molecule has 1 aliphatic rings. The highest BCUT2D eigenvalue weighted by Crippen LogP contribution is 2.48.